The van der Waals surface area contributed by atoms with Gasteiger partial charge in [-0.15, -0.1) is 0 Å². The van der Waals surface area contributed by atoms with Gasteiger partial charge in [0.15, 0.2) is 12.5 Å². The quantitative estimate of drug-likeness (QED) is 0.417. The fraction of sp³-hybridized carbons (Fsp3) is 0.667. The van der Waals surface area contributed by atoms with Gasteiger partial charge in [0.2, 0.25) is 0 Å². The summed E-state index contributed by atoms with van der Waals surface area (Å²) in [5.74, 6) is 0. The predicted molar refractivity (Wildman–Crippen MR) is 16.6 cm³/mol. The zero-order valence-corrected chi connectivity index (χ0v) is 2.94. The van der Waals surface area contributed by atoms with E-state index in [-0.39, 0.29) is 6.29 Å². The first kappa shape index (κ1) is 4.60. The Hall–Kier alpha value is -0.400. The second-order valence-corrected chi connectivity index (χ2v) is 0.814. The summed E-state index contributed by atoms with van der Waals surface area (Å²) in [5, 5.41) is 0. The lowest BCUT2D eigenvalue weighted by molar-refractivity contribution is -0.111. The Morgan fingerprint density at radius 3 is 2.20 bits per heavy atom. The summed E-state index contributed by atoms with van der Waals surface area (Å²) in [5.41, 5.74) is 0. The molecule has 0 aromatic carbocycles. The lowest BCUT2D eigenvalue weighted by Gasteiger charge is -1.74. The molecule has 0 aliphatic heterocycles. The van der Waals surface area contributed by atoms with Crippen LogP contribution in [-0.2, 0) is 4.79 Å². The molecule has 0 heterocycles. The Morgan fingerprint density at radius 2 is 2.20 bits per heavy atom. The van der Waals surface area contributed by atoms with Gasteiger partial charge >= 0.3 is 0 Å². The van der Waals surface area contributed by atoms with Crippen LogP contribution in [0.15, 0.2) is 0 Å². The molecule has 1 unspecified atom stereocenters. The van der Waals surface area contributed by atoms with Crippen molar-refractivity contribution in [2.24, 2.45) is 0 Å². The van der Waals surface area contributed by atoms with Crippen molar-refractivity contribution in [3.8, 4) is 0 Å². The molecule has 0 aromatic rings. The number of carbonyl (C=O) groups is 1. The average Bonchev–Trinajstić information content (AvgIpc) is 1.38. The lowest BCUT2D eigenvalue weighted by atomic mass is 10.5. The van der Waals surface area contributed by atoms with Gasteiger partial charge in [-0.05, 0) is 6.92 Å². The van der Waals surface area contributed by atoms with E-state index in [0.717, 1.165) is 0 Å². The molecule has 1 nitrogen and oxygen atoms in total. The smallest absolute Gasteiger partial charge is 0.153 e. The number of carbonyl (C=O) groups excluding carboxylic acids is 1. The van der Waals surface area contributed by atoms with Gasteiger partial charge in [0, 0.05) is 0 Å². The van der Waals surface area contributed by atoms with Crippen LogP contribution < -0.4 is 0 Å². The highest BCUT2D eigenvalue weighted by molar-refractivity contribution is 5.54. The van der Waals surface area contributed by atoms with E-state index in [1.165, 1.54) is 6.92 Å². The predicted octanol–water partition coefficient (Wildman–Crippen LogP) is 0.543. The molecule has 0 N–H and O–H groups in total. The van der Waals surface area contributed by atoms with Gasteiger partial charge in [0.05, 0.1) is 0 Å². The maximum absolute atomic E-state index is 11.1. The van der Waals surface area contributed by atoms with Crippen LogP contribution in [0.2, 0.25) is 0 Å². The van der Waals surface area contributed by atoms with E-state index in [9.17, 15) is 4.39 Å². The molecular formula is C3H5FO. The summed E-state index contributed by atoms with van der Waals surface area (Å²) in [4.78, 5) is 9.13. The molecule has 1 atom stereocenters. The monoisotopic (exact) mass is 76.0 g/mol. The summed E-state index contributed by atoms with van der Waals surface area (Å²) in [6.07, 6.45) is -1.05. The van der Waals surface area contributed by atoms with Crippen LogP contribution in [0, 0.1) is 0 Å². The van der Waals surface area contributed by atoms with Gasteiger partial charge in [0.25, 0.3) is 0 Å². The van der Waals surface area contributed by atoms with Gasteiger partial charge < -0.3 is 4.79 Å². The Labute approximate surface area is 29.8 Å². The molecule has 0 bridgehead atoms. The average molecular weight is 76.1 g/mol. The molecule has 5 heavy (non-hydrogen) atoms. The highest BCUT2D eigenvalue weighted by Gasteiger charge is 1.85. The van der Waals surface area contributed by atoms with Crippen LogP contribution in [0.3, 0.4) is 0 Å². The lowest BCUT2D eigenvalue weighted by Crippen LogP contribution is -1.89. The van der Waals surface area contributed by atoms with Gasteiger partial charge in [-0.1, -0.05) is 0 Å². The number of hydrogen-bond donors (Lipinski definition) is 0. The Bertz CT molecular complexity index is 33.9. The molecule has 0 saturated carbocycles. The first-order valence-corrected chi connectivity index (χ1v) is 1.36. The van der Waals surface area contributed by atoms with Crippen molar-refractivity contribution < 1.29 is 9.18 Å². The summed E-state index contributed by atoms with van der Waals surface area (Å²) in [7, 11) is 0. The highest BCUT2D eigenvalue weighted by Crippen LogP contribution is 1.75. The van der Waals surface area contributed by atoms with Crippen molar-refractivity contribution in [2.75, 3.05) is 0 Å². The second-order valence-electron chi connectivity index (χ2n) is 0.814. The van der Waals surface area contributed by atoms with E-state index in [4.69, 9.17) is 4.79 Å². The molecule has 0 saturated heterocycles. The fourth-order valence-electron chi connectivity index (χ4n) is 0. The topological polar surface area (TPSA) is 17.1 Å². The van der Waals surface area contributed by atoms with Crippen LogP contribution in [0.25, 0.3) is 0 Å². The maximum Gasteiger partial charge on any atom is 0.153 e. The molecule has 0 rings (SSSR count). The SMILES string of the molecule is CC(F)C=O. The van der Waals surface area contributed by atoms with Crippen molar-refractivity contribution in [3.05, 3.63) is 0 Å². The van der Waals surface area contributed by atoms with Crippen LogP contribution in [0.5, 0.6) is 0 Å². The number of rotatable bonds is 1. The minimum absolute atomic E-state index is 0.250. The molecular weight excluding hydrogens is 71.0 g/mol. The van der Waals surface area contributed by atoms with Gasteiger partial charge in [0.1, 0.15) is 0 Å². The Kier molecular flexibility index (Phi) is 1.73. The van der Waals surface area contributed by atoms with Crippen LogP contribution >= 0.6 is 0 Å². The summed E-state index contributed by atoms with van der Waals surface area (Å²) in [6.45, 7) is 1.19. The van der Waals surface area contributed by atoms with Crippen LogP contribution in [0.1, 0.15) is 6.92 Å². The molecule has 30 valence electrons. The van der Waals surface area contributed by atoms with E-state index in [1.54, 1.807) is 0 Å². The first-order chi connectivity index (χ1) is 2.27. The number of alkyl halides is 1. The molecule has 0 fully saturated rings. The van der Waals surface area contributed by atoms with Gasteiger partial charge in [-0.3, -0.25) is 0 Å². The summed E-state index contributed by atoms with van der Waals surface area (Å²) >= 11 is 0. The number of halogens is 1. The van der Waals surface area contributed by atoms with Crippen LogP contribution in [0.4, 0.5) is 4.39 Å². The third kappa shape index (κ3) is 3.60. The molecule has 0 spiro atoms. The molecule has 0 radical (unpaired) electrons. The van der Waals surface area contributed by atoms with Crippen LogP contribution in [-0.4, -0.2) is 12.5 Å². The molecule has 0 aromatic heterocycles. The molecule has 2 heteroatoms. The number of hydrogen-bond acceptors (Lipinski definition) is 1. The highest BCUT2D eigenvalue weighted by atomic mass is 19.1. The minimum Gasteiger partial charge on any atom is -0.300 e. The largest absolute Gasteiger partial charge is 0.300 e. The molecule has 0 aliphatic carbocycles. The van der Waals surface area contributed by atoms with E-state index >= 15 is 0 Å². The maximum atomic E-state index is 11.1. The number of aldehydes is 1. The minimum atomic E-state index is -1.30. The third-order valence-corrected chi connectivity index (χ3v) is 0.188. The van der Waals surface area contributed by atoms with E-state index in [2.05, 4.69) is 0 Å². The second kappa shape index (κ2) is 1.88. The third-order valence-electron chi connectivity index (χ3n) is 0.188. The molecule has 0 amide bonds. The fourth-order valence-corrected chi connectivity index (χ4v) is 0. The standard InChI is InChI=1S/C3H5FO/c1-3(4)2-5/h2-3H,1H3. The van der Waals surface area contributed by atoms with Crippen molar-refractivity contribution in [1.82, 2.24) is 0 Å². The van der Waals surface area contributed by atoms with E-state index < -0.39 is 6.17 Å². The van der Waals surface area contributed by atoms with E-state index in [1.807, 2.05) is 0 Å². The summed E-state index contributed by atoms with van der Waals surface area (Å²) < 4.78 is 11.1. The van der Waals surface area contributed by atoms with Crippen molar-refractivity contribution in [2.45, 2.75) is 13.1 Å². The van der Waals surface area contributed by atoms with Crippen molar-refractivity contribution in [1.29, 1.82) is 0 Å². The zero-order valence-electron chi connectivity index (χ0n) is 2.94. The normalized spacial score (nSPS) is 14.0. The van der Waals surface area contributed by atoms with Crippen molar-refractivity contribution >= 4 is 6.29 Å². The summed E-state index contributed by atoms with van der Waals surface area (Å²) in [6, 6.07) is 0. The van der Waals surface area contributed by atoms with Crippen molar-refractivity contribution in [3.63, 3.8) is 0 Å². The van der Waals surface area contributed by atoms with Gasteiger partial charge in [-0.2, -0.15) is 0 Å². The Morgan fingerprint density at radius 1 is 2.00 bits per heavy atom. The molecule has 0 aliphatic rings. The zero-order chi connectivity index (χ0) is 4.28. The first-order valence-electron chi connectivity index (χ1n) is 1.36. The van der Waals surface area contributed by atoms with Gasteiger partial charge in [-0.25, -0.2) is 4.39 Å². The Balaban J connectivity index is 2.83. The van der Waals surface area contributed by atoms with E-state index in [0.29, 0.717) is 0 Å².